The molecule has 168 valence electrons. The number of hydrogen-bond acceptors (Lipinski definition) is 4. The van der Waals surface area contributed by atoms with E-state index in [0.717, 1.165) is 32.1 Å². The molecular weight excluding hydrogens is 396 g/mol. The van der Waals surface area contributed by atoms with Crippen LogP contribution in [0.15, 0.2) is 51.7 Å². The SMILES string of the molecule is CC(=O)NN=C(CSCC=C(CC=C(C)C)CCC=C(C)CCC=C(C)C)C(=O)O. The van der Waals surface area contributed by atoms with Crippen LogP contribution in [0.5, 0.6) is 0 Å². The van der Waals surface area contributed by atoms with Crippen molar-refractivity contribution in [2.24, 2.45) is 5.10 Å². The van der Waals surface area contributed by atoms with Crippen molar-refractivity contribution in [1.29, 1.82) is 0 Å². The number of nitrogens with one attached hydrogen (secondary N) is 1. The second-order valence-electron chi connectivity index (χ2n) is 7.80. The molecule has 0 aromatic carbocycles. The van der Waals surface area contributed by atoms with E-state index in [1.807, 2.05) is 0 Å². The molecule has 0 rings (SSSR count). The number of amides is 1. The van der Waals surface area contributed by atoms with Crippen LogP contribution in [-0.4, -0.2) is 34.2 Å². The molecular formula is C24H38N2O3S. The Labute approximate surface area is 186 Å². The molecule has 6 heteroatoms. The molecule has 0 aromatic rings. The molecule has 0 unspecified atom stereocenters. The fourth-order valence-corrected chi connectivity index (χ4v) is 3.29. The average molecular weight is 435 g/mol. The summed E-state index contributed by atoms with van der Waals surface area (Å²) in [6, 6.07) is 0. The monoisotopic (exact) mass is 434 g/mol. The molecule has 0 saturated heterocycles. The van der Waals surface area contributed by atoms with Gasteiger partial charge in [0.05, 0.1) is 0 Å². The lowest BCUT2D eigenvalue weighted by molar-refractivity contribution is -0.129. The highest BCUT2D eigenvalue weighted by Crippen LogP contribution is 2.17. The van der Waals surface area contributed by atoms with Gasteiger partial charge in [0, 0.05) is 18.4 Å². The highest BCUT2D eigenvalue weighted by Gasteiger charge is 2.09. The zero-order valence-electron chi connectivity index (χ0n) is 19.4. The predicted octanol–water partition coefficient (Wildman–Crippen LogP) is 6.05. The third-order valence-electron chi connectivity index (χ3n) is 4.15. The zero-order chi connectivity index (χ0) is 22.9. The molecule has 0 spiro atoms. The largest absolute Gasteiger partial charge is 0.477 e. The first-order valence-corrected chi connectivity index (χ1v) is 11.5. The Hall–Kier alpha value is -2.08. The Balaban J connectivity index is 4.76. The number of aliphatic carboxylic acids is 1. The number of carboxylic acids is 1. The van der Waals surface area contributed by atoms with Gasteiger partial charge in [-0.1, -0.05) is 46.6 Å². The number of hydrogen-bond donors (Lipinski definition) is 2. The lowest BCUT2D eigenvalue weighted by atomic mass is 10.0. The standard InChI is InChI=1S/C24H38N2O3S/c1-18(2)9-7-10-20(5)11-8-12-22(14-13-19(3)4)15-16-30-17-23(24(28)29)26-25-21(6)27/h9,11,13,15H,7-8,10,12,14,16-17H2,1-6H3,(H,25,27)(H,28,29). The van der Waals surface area contributed by atoms with Crippen molar-refractivity contribution in [1.82, 2.24) is 5.43 Å². The van der Waals surface area contributed by atoms with Gasteiger partial charge in [0.25, 0.3) is 0 Å². The smallest absolute Gasteiger partial charge is 0.352 e. The summed E-state index contributed by atoms with van der Waals surface area (Å²) in [5, 5.41) is 12.8. The van der Waals surface area contributed by atoms with Crippen molar-refractivity contribution in [2.75, 3.05) is 11.5 Å². The van der Waals surface area contributed by atoms with Gasteiger partial charge in [0.15, 0.2) is 5.71 Å². The average Bonchev–Trinajstić information content (AvgIpc) is 2.63. The molecule has 0 aliphatic carbocycles. The topological polar surface area (TPSA) is 78.8 Å². The molecule has 0 radical (unpaired) electrons. The number of rotatable bonds is 14. The minimum atomic E-state index is -1.11. The molecule has 30 heavy (non-hydrogen) atoms. The third-order valence-corrected chi connectivity index (χ3v) is 5.03. The molecule has 0 aliphatic rings. The summed E-state index contributed by atoms with van der Waals surface area (Å²) >= 11 is 1.48. The summed E-state index contributed by atoms with van der Waals surface area (Å²) in [6.45, 7) is 11.9. The first kappa shape index (κ1) is 27.9. The minimum Gasteiger partial charge on any atom is -0.477 e. The van der Waals surface area contributed by atoms with E-state index in [1.165, 1.54) is 41.0 Å². The number of thioether (sulfide) groups is 1. The Morgan fingerprint density at radius 3 is 2.10 bits per heavy atom. The van der Waals surface area contributed by atoms with E-state index in [2.05, 4.69) is 69.4 Å². The van der Waals surface area contributed by atoms with Crippen LogP contribution in [0.4, 0.5) is 0 Å². The lowest BCUT2D eigenvalue weighted by Crippen LogP contribution is -2.23. The third kappa shape index (κ3) is 16.8. The van der Waals surface area contributed by atoms with Gasteiger partial charge >= 0.3 is 5.97 Å². The number of carbonyl (C=O) groups is 2. The second kappa shape index (κ2) is 16.7. The summed E-state index contributed by atoms with van der Waals surface area (Å²) < 4.78 is 0. The second-order valence-corrected chi connectivity index (χ2v) is 8.83. The van der Waals surface area contributed by atoms with Crippen LogP contribution >= 0.6 is 11.8 Å². The van der Waals surface area contributed by atoms with Crippen molar-refractivity contribution in [3.05, 3.63) is 46.6 Å². The van der Waals surface area contributed by atoms with Gasteiger partial charge in [0.2, 0.25) is 5.91 Å². The number of carboxylic acid groups (broad SMARTS) is 1. The van der Waals surface area contributed by atoms with Crippen molar-refractivity contribution >= 4 is 29.4 Å². The lowest BCUT2D eigenvalue weighted by Gasteiger charge is -2.06. The van der Waals surface area contributed by atoms with Gasteiger partial charge in [-0.25, -0.2) is 10.2 Å². The fraction of sp³-hybridized carbons (Fsp3) is 0.542. The van der Waals surface area contributed by atoms with Crippen molar-refractivity contribution in [3.8, 4) is 0 Å². The van der Waals surface area contributed by atoms with E-state index in [1.54, 1.807) is 0 Å². The number of allylic oxidation sites excluding steroid dienone is 7. The molecule has 0 fully saturated rings. The van der Waals surface area contributed by atoms with Gasteiger partial charge in [-0.05, 0) is 66.7 Å². The van der Waals surface area contributed by atoms with E-state index in [-0.39, 0.29) is 17.4 Å². The summed E-state index contributed by atoms with van der Waals surface area (Å²) in [5.74, 6) is -0.543. The normalized spacial score (nSPS) is 12.4. The molecule has 2 N–H and O–H groups in total. The minimum absolute atomic E-state index is 0.0515. The van der Waals surface area contributed by atoms with Crippen LogP contribution in [0.2, 0.25) is 0 Å². The van der Waals surface area contributed by atoms with Gasteiger partial charge in [-0.3, -0.25) is 4.79 Å². The molecule has 1 amide bonds. The molecule has 0 heterocycles. The quantitative estimate of drug-likeness (QED) is 0.151. The van der Waals surface area contributed by atoms with Crippen LogP contribution < -0.4 is 5.43 Å². The van der Waals surface area contributed by atoms with Crippen molar-refractivity contribution < 1.29 is 14.7 Å². The van der Waals surface area contributed by atoms with Gasteiger partial charge in [-0.15, -0.1) is 0 Å². The molecule has 0 bridgehead atoms. The van der Waals surface area contributed by atoms with Crippen LogP contribution in [0, 0.1) is 0 Å². The van der Waals surface area contributed by atoms with Gasteiger partial charge in [0.1, 0.15) is 0 Å². The number of carbonyl (C=O) groups excluding carboxylic acids is 1. The summed E-state index contributed by atoms with van der Waals surface area (Å²) in [6.07, 6.45) is 14.1. The van der Waals surface area contributed by atoms with E-state index < -0.39 is 5.97 Å². The van der Waals surface area contributed by atoms with E-state index in [0.29, 0.717) is 5.75 Å². The van der Waals surface area contributed by atoms with Gasteiger partial charge < -0.3 is 5.11 Å². The van der Waals surface area contributed by atoms with Crippen LogP contribution in [0.3, 0.4) is 0 Å². The highest BCUT2D eigenvalue weighted by atomic mass is 32.2. The number of nitrogens with zero attached hydrogens (tertiary/aromatic N) is 1. The van der Waals surface area contributed by atoms with Crippen LogP contribution in [-0.2, 0) is 9.59 Å². The number of hydrazone groups is 1. The van der Waals surface area contributed by atoms with Crippen molar-refractivity contribution in [3.63, 3.8) is 0 Å². The molecule has 5 nitrogen and oxygen atoms in total. The Bertz CT molecular complexity index is 708. The maximum absolute atomic E-state index is 11.2. The first-order valence-electron chi connectivity index (χ1n) is 10.4. The van der Waals surface area contributed by atoms with Crippen molar-refractivity contribution in [2.45, 2.75) is 73.6 Å². The zero-order valence-corrected chi connectivity index (χ0v) is 20.2. The first-order chi connectivity index (χ1) is 14.1. The maximum atomic E-state index is 11.2. The van der Waals surface area contributed by atoms with E-state index >= 15 is 0 Å². The summed E-state index contributed by atoms with van der Waals surface area (Å²) in [5.41, 5.74) is 7.56. The molecule has 0 aromatic heterocycles. The van der Waals surface area contributed by atoms with Crippen LogP contribution in [0.25, 0.3) is 0 Å². The Kier molecular flexibility index (Phi) is 15.5. The Morgan fingerprint density at radius 1 is 0.900 bits per heavy atom. The van der Waals surface area contributed by atoms with Crippen LogP contribution in [0.1, 0.15) is 73.6 Å². The maximum Gasteiger partial charge on any atom is 0.352 e. The predicted molar refractivity (Wildman–Crippen MR) is 130 cm³/mol. The summed E-state index contributed by atoms with van der Waals surface area (Å²) in [4.78, 5) is 22.1. The highest BCUT2D eigenvalue weighted by molar-refractivity contribution is 8.00. The van der Waals surface area contributed by atoms with E-state index in [9.17, 15) is 14.7 Å². The molecule has 0 atom stereocenters. The Morgan fingerprint density at radius 2 is 1.53 bits per heavy atom. The van der Waals surface area contributed by atoms with Gasteiger partial charge in [-0.2, -0.15) is 16.9 Å². The molecule has 0 aliphatic heterocycles. The fourth-order valence-electron chi connectivity index (χ4n) is 2.44. The summed E-state index contributed by atoms with van der Waals surface area (Å²) in [7, 11) is 0. The molecule has 0 saturated carbocycles. The van der Waals surface area contributed by atoms with E-state index in [4.69, 9.17) is 0 Å².